The highest BCUT2D eigenvalue weighted by molar-refractivity contribution is 9.10. The minimum absolute atomic E-state index is 0.0157. The third-order valence-electron chi connectivity index (χ3n) is 3.63. The van der Waals surface area contributed by atoms with Crippen molar-refractivity contribution in [3.8, 4) is 0 Å². The molecule has 0 bridgehead atoms. The fraction of sp³-hybridized carbons (Fsp3) is 0.188. The molecule has 5 heteroatoms. The van der Waals surface area contributed by atoms with E-state index in [1.165, 1.54) is 0 Å². The fourth-order valence-corrected chi connectivity index (χ4v) is 3.11. The van der Waals surface area contributed by atoms with Crippen molar-refractivity contribution in [2.24, 2.45) is 0 Å². The predicted octanol–water partition coefficient (Wildman–Crippen LogP) is 4.28. The third kappa shape index (κ3) is 2.78. The lowest BCUT2D eigenvalue weighted by Gasteiger charge is -2.30. The maximum absolute atomic E-state index is 12.7. The Kier molecular flexibility index (Phi) is 3.91. The molecule has 3 rings (SSSR count). The van der Waals surface area contributed by atoms with Gasteiger partial charge in [0.2, 0.25) is 0 Å². The third-order valence-corrected chi connectivity index (χ3v) is 4.85. The number of nitrogen functional groups attached to an aromatic ring is 1. The van der Waals surface area contributed by atoms with Crippen molar-refractivity contribution >= 4 is 44.8 Å². The first-order valence-electron chi connectivity index (χ1n) is 6.71. The molecule has 2 aromatic carbocycles. The molecule has 0 radical (unpaired) electrons. The minimum atomic E-state index is -0.0157. The van der Waals surface area contributed by atoms with E-state index >= 15 is 0 Å². The molecule has 1 aliphatic heterocycles. The second kappa shape index (κ2) is 5.70. The van der Waals surface area contributed by atoms with Crippen LogP contribution in [0.15, 0.2) is 40.9 Å². The van der Waals surface area contributed by atoms with E-state index in [-0.39, 0.29) is 5.91 Å². The van der Waals surface area contributed by atoms with E-state index in [0.717, 1.165) is 40.8 Å². The zero-order chi connectivity index (χ0) is 15.0. The SMILES string of the molecule is Nc1ccc2c(c1)CCCN2C(=O)c1ccc(Cl)c(Br)c1. The summed E-state index contributed by atoms with van der Waals surface area (Å²) in [5.74, 6) is -0.0157. The Morgan fingerprint density at radius 1 is 1.24 bits per heavy atom. The van der Waals surface area contributed by atoms with E-state index < -0.39 is 0 Å². The average Bonchev–Trinajstić information content (AvgIpc) is 2.48. The number of nitrogens with zero attached hydrogens (tertiary/aromatic N) is 1. The number of aryl methyl sites for hydroxylation is 1. The van der Waals surface area contributed by atoms with Gasteiger partial charge in [0, 0.05) is 28.0 Å². The molecule has 0 fully saturated rings. The number of hydrogen-bond acceptors (Lipinski definition) is 2. The van der Waals surface area contributed by atoms with Crippen molar-refractivity contribution in [1.82, 2.24) is 0 Å². The molecule has 1 aliphatic rings. The van der Waals surface area contributed by atoms with E-state index in [4.69, 9.17) is 17.3 Å². The number of benzene rings is 2. The van der Waals surface area contributed by atoms with Crippen LogP contribution in [0.3, 0.4) is 0 Å². The molecular formula is C16H14BrClN2O. The van der Waals surface area contributed by atoms with Crippen LogP contribution in [0.25, 0.3) is 0 Å². The second-order valence-electron chi connectivity index (χ2n) is 5.08. The van der Waals surface area contributed by atoms with Crippen molar-refractivity contribution in [2.45, 2.75) is 12.8 Å². The summed E-state index contributed by atoms with van der Waals surface area (Å²) in [5.41, 5.74) is 9.26. The predicted molar refractivity (Wildman–Crippen MR) is 90.0 cm³/mol. The summed E-state index contributed by atoms with van der Waals surface area (Å²) in [6.45, 7) is 0.718. The molecule has 0 aliphatic carbocycles. The molecule has 0 unspecified atom stereocenters. The molecule has 0 saturated carbocycles. The van der Waals surface area contributed by atoms with Gasteiger partial charge in [-0.2, -0.15) is 0 Å². The zero-order valence-electron chi connectivity index (χ0n) is 11.3. The Morgan fingerprint density at radius 2 is 2.05 bits per heavy atom. The van der Waals surface area contributed by atoms with E-state index in [2.05, 4.69) is 15.9 Å². The van der Waals surface area contributed by atoms with Gasteiger partial charge in [0.15, 0.2) is 0 Å². The van der Waals surface area contributed by atoms with Crippen molar-refractivity contribution < 1.29 is 4.79 Å². The van der Waals surface area contributed by atoms with Crippen molar-refractivity contribution in [3.63, 3.8) is 0 Å². The summed E-state index contributed by atoms with van der Waals surface area (Å²) in [6.07, 6.45) is 1.89. The van der Waals surface area contributed by atoms with Gasteiger partial charge in [-0.25, -0.2) is 0 Å². The standard InChI is InChI=1S/C16H14BrClN2O/c17-13-9-11(3-5-14(13)18)16(21)20-7-1-2-10-8-12(19)4-6-15(10)20/h3-6,8-9H,1-2,7,19H2. The van der Waals surface area contributed by atoms with E-state index in [1.807, 2.05) is 23.1 Å². The fourth-order valence-electron chi connectivity index (χ4n) is 2.61. The maximum atomic E-state index is 12.7. The van der Waals surface area contributed by atoms with Gasteiger partial charge in [-0.15, -0.1) is 0 Å². The van der Waals surface area contributed by atoms with Crippen LogP contribution in [0.2, 0.25) is 5.02 Å². The Labute approximate surface area is 136 Å². The van der Waals surface area contributed by atoms with Crippen LogP contribution in [0.4, 0.5) is 11.4 Å². The zero-order valence-corrected chi connectivity index (χ0v) is 13.6. The maximum Gasteiger partial charge on any atom is 0.258 e. The number of carbonyl (C=O) groups is 1. The molecule has 0 spiro atoms. The number of nitrogens with two attached hydrogens (primary N) is 1. The Bertz CT molecular complexity index is 717. The molecule has 21 heavy (non-hydrogen) atoms. The van der Waals surface area contributed by atoms with E-state index in [9.17, 15) is 4.79 Å². The van der Waals surface area contributed by atoms with Gasteiger partial charge in [0.25, 0.3) is 5.91 Å². The van der Waals surface area contributed by atoms with Crippen LogP contribution in [0.5, 0.6) is 0 Å². The highest BCUT2D eigenvalue weighted by Crippen LogP contribution is 2.31. The van der Waals surface area contributed by atoms with Crippen LogP contribution in [-0.4, -0.2) is 12.5 Å². The molecule has 0 aromatic heterocycles. The van der Waals surface area contributed by atoms with E-state index in [0.29, 0.717) is 10.6 Å². The highest BCUT2D eigenvalue weighted by atomic mass is 79.9. The number of fused-ring (bicyclic) bond motifs is 1. The second-order valence-corrected chi connectivity index (χ2v) is 6.34. The van der Waals surface area contributed by atoms with Crippen molar-refractivity contribution in [2.75, 3.05) is 17.2 Å². The molecule has 108 valence electrons. The molecule has 2 aromatic rings. The number of carbonyl (C=O) groups excluding carboxylic acids is 1. The Hall–Kier alpha value is -1.52. The molecule has 0 atom stereocenters. The largest absolute Gasteiger partial charge is 0.399 e. The first-order chi connectivity index (χ1) is 10.1. The summed E-state index contributed by atoms with van der Waals surface area (Å²) in [4.78, 5) is 14.6. The number of hydrogen-bond donors (Lipinski definition) is 1. The minimum Gasteiger partial charge on any atom is -0.399 e. The number of anilines is 2. The topological polar surface area (TPSA) is 46.3 Å². The van der Waals surface area contributed by atoms with Gasteiger partial charge >= 0.3 is 0 Å². The number of halogens is 2. The molecular weight excluding hydrogens is 352 g/mol. The van der Waals surface area contributed by atoms with Crippen LogP contribution >= 0.6 is 27.5 Å². The van der Waals surface area contributed by atoms with Crippen LogP contribution < -0.4 is 10.6 Å². The van der Waals surface area contributed by atoms with Gasteiger partial charge in [-0.05, 0) is 70.7 Å². The summed E-state index contributed by atoms with van der Waals surface area (Å²) < 4.78 is 0.726. The summed E-state index contributed by atoms with van der Waals surface area (Å²) in [5, 5.41) is 0.596. The lowest BCUT2D eigenvalue weighted by atomic mass is 10.00. The van der Waals surface area contributed by atoms with Crippen LogP contribution in [-0.2, 0) is 6.42 Å². The van der Waals surface area contributed by atoms with Crippen LogP contribution in [0.1, 0.15) is 22.3 Å². The summed E-state index contributed by atoms with van der Waals surface area (Å²) >= 11 is 9.34. The van der Waals surface area contributed by atoms with Gasteiger partial charge in [0.05, 0.1) is 5.02 Å². The molecule has 0 saturated heterocycles. The first-order valence-corrected chi connectivity index (χ1v) is 7.88. The summed E-state index contributed by atoms with van der Waals surface area (Å²) in [6, 6.07) is 10.9. The molecule has 1 amide bonds. The number of rotatable bonds is 1. The number of amides is 1. The van der Waals surface area contributed by atoms with Crippen molar-refractivity contribution in [3.05, 3.63) is 57.0 Å². The first kappa shape index (κ1) is 14.4. The Balaban J connectivity index is 1.98. The monoisotopic (exact) mass is 364 g/mol. The molecule has 3 nitrogen and oxygen atoms in total. The quantitative estimate of drug-likeness (QED) is 0.767. The average molecular weight is 366 g/mol. The molecule has 1 heterocycles. The summed E-state index contributed by atoms with van der Waals surface area (Å²) in [7, 11) is 0. The molecule has 2 N–H and O–H groups in total. The van der Waals surface area contributed by atoms with Gasteiger partial charge in [0.1, 0.15) is 0 Å². The van der Waals surface area contributed by atoms with Crippen molar-refractivity contribution in [1.29, 1.82) is 0 Å². The Morgan fingerprint density at radius 3 is 2.81 bits per heavy atom. The lowest BCUT2D eigenvalue weighted by Crippen LogP contribution is -2.35. The van der Waals surface area contributed by atoms with Gasteiger partial charge < -0.3 is 10.6 Å². The van der Waals surface area contributed by atoms with Gasteiger partial charge in [-0.1, -0.05) is 11.6 Å². The highest BCUT2D eigenvalue weighted by Gasteiger charge is 2.23. The van der Waals surface area contributed by atoms with E-state index in [1.54, 1.807) is 18.2 Å². The smallest absolute Gasteiger partial charge is 0.258 e. The lowest BCUT2D eigenvalue weighted by molar-refractivity contribution is 0.0985. The normalized spacial score (nSPS) is 13.9. The van der Waals surface area contributed by atoms with Crippen LogP contribution in [0, 0.1) is 0 Å². The van der Waals surface area contributed by atoms with Gasteiger partial charge in [-0.3, -0.25) is 4.79 Å².